The fourth-order valence-electron chi connectivity index (χ4n) is 2.27. The molecule has 0 unspecified atom stereocenters. The van der Waals surface area contributed by atoms with E-state index in [0.29, 0.717) is 17.7 Å². The van der Waals surface area contributed by atoms with Crippen molar-refractivity contribution in [2.24, 2.45) is 0 Å². The van der Waals surface area contributed by atoms with Gasteiger partial charge in [-0.15, -0.1) is 0 Å². The van der Waals surface area contributed by atoms with Gasteiger partial charge in [0.2, 0.25) is 0 Å². The van der Waals surface area contributed by atoms with Crippen molar-refractivity contribution < 1.29 is 19.1 Å². The van der Waals surface area contributed by atoms with Gasteiger partial charge in [-0.1, -0.05) is 31.2 Å². The lowest BCUT2D eigenvalue weighted by Gasteiger charge is -2.14. The molecule has 0 aliphatic heterocycles. The van der Waals surface area contributed by atoms with Crippen molar-refractivity contribution in [1.82, 2.24) is 0 Å². The van der Waals surface area contributed by atoms with Gasteiger partial charge in [0.1, 0.15) is 13.2 Å². The summed E-state index contributed by atoms with van der Waals surface area (Å²) in [5, 5.41) is 3.29. The van der Waals surface area contributed by atoms with E-state index in [1.165, 1.54) is 5.56 Å². The van der Waals surface area contributed by atoms with E-state index in [9.17, 15) is 9.59 Å². The van der Waals surface area contributed by atoms with Crippen LogP contribution in [0.2, 0.25) is 0 Å². The Morgan fingerprint density at radius 3 is 2.36 bits per heavy atom. The molecule has 0 heterocycles. The maximum Gasteiger partial charge on any atom is 0.340 e. The topological polar surface area (TPSA) is 64.6 Å². The zero-order valence-electron chi connectivity index (χ0n) is 14.8. The first kappa shape index (κ1) is 18.5. The molecular weight excluding hydrogens is 318 g/mol. The Morgan fingerprint density at radius 1 is 0.920 bits per heavy atom. The SMILES string of the molecule is CCC(=O)OCCOC(=O)c1ccccc1Nc1cccc(C)c1C. The molecule has 0 spiro atoms. The molecule has 0 radical (unpaired) electrons. The monoisotopic (exact) mass is 341 g/mol. The van der Waals surface area contributed by atoms with Gasteiger partial charge in [0, 0.05) is 12.1 Å². The molecule has 0 aromatic heterocycles. The highest BCUT2D eigenvalue weighted by atomic mass is 16.6. The van der Waals surface area contributed by atoms with Crippen molar-refractivity contribution >= 4 is 23.3 Å². The molecule has 0 aliphatic carbocycles. The van der Waals surface area contributed by atoms with Gasteiger partial charge < -0.3 is 14.8 Å². The standard InChI is InChI=1S/C20H23NO4/c1-4-19(22)24-12-13-25-20(23)16-9-5-6-10-18(16)21-17-11-7-8-14(2)15(17)3/h5-11,21H,4,12-13H2,1-3H3. The number of carbonyl (C=O) groups excluding carboxylic acids is 2. The molecule has 5 nitrogen and oxygen atoms in total. The summed E-state index contributed by atoms with van der Waals surface area (Å²) in [7, 11) is 0. The first-order valence-corrected chi connectivity index (χ1v) is 8.28. The van der Waals surface area contributed by atoms with Crippen molar-refractivity contribution in [1.29, 1.82) is 0 Å². The number of ether oxygens (including phenoxy) is 2. The number of para-hydroxylation sites is 1. The van der Waals surface area contributed by atoms with Gasteiger partial charge in [0.05, 0.1) is 11.3 Å². The Kier molecular flexibility index (Phi) is 6.57. The predicted octanol–water partition coefficient (Wildman–Crippen LogP) is 4.16. The maximum absolute atomic E-state index is 12.3. The minimum atomic E-state index is -0.457. The third kappa shape index (κ3) is 5.08. The van der Waals surface area contributed by atoms with Crippen LogP contribution in [0.3, 0.4) is 0 Å². The van der Waals surface area contributed by atoms with Crippen LogP contribution in [0.5, 0.6) is 0 Å². The smallest absolute Gasteiger partial charge is 0.340 e. The van der Waals surface area contributed by atoms with E-state index in [0.717, 1.165) is 11.3 Å². The summed E-state index contributed by atoms with van der Waals surface area (Å²) >= 11 is 0. The summed E-state index contributed by atoms with van der Waals surface area (Å²) in [4.78, 5) is 23.4. The molecule has 25 heavy (non-hydrogen) atoms. The van der Waals surface area contributed by atoms with Crippen LogP contribution in [0.15, 0.2) is 42.5 Å². The average Bonchev–Trinajstić information content (AvgIpc) is 2.62. The van der Waals surface area contributed by atoms with E-state index >= 15 is 0 Å². The lowest BCUT2D eigenvalue weighted by molar-refractivity contribution is -0.144. The summed E-state index contributed by atoms with van der Waals surface area (Å²) in [6.07, 6.45) is 0.302. The number of aryl methyl sites for hydroxylation is 1. The summed E-state index contributed by atoms with van der Waals surface area (Å²) in [5.74, 6) is -0.769. The number of nitrogens with one attached hydrogen (secondary N) is 1. The molecule has 2 aromatic rings. The van der Waals surface area contributed by atoms with Gasteiger partial charge in [-0.05, 0) is 43.2 Å². The van der Waals surface area contributed by atoms with Gasteiger partial charge in [-0.25, -0.2) is 4.79 Å². The Morgan fingerprint density at radius 2 is 1.60 bits per heavy atom. The summed E-state index contributed by atoms with van der Waals surface area (Å²) in [6, 6.07) is 13.1. The van der Waals surface area contributed by atoms with Crippen LogP contribution in [-0.2, 0) is 14.3 Å². The molecule has 0 bridgehead atoms. The van der Waals surface area contributed by atoms with Gasteiger partial charge in [0.15, 0.2) is 0 Å². The number of rotatable bonds is 7. The van der Waals surface area contributed by atoms with Crippen molar-refractivity contribution in [3.8, 4) is 0 Å². The van der Waals surface area contributed by atoms with Crippen LogP contribution in [0.4, 0.5) is 11.4 Å². The molecule has 0 amide bonds. The highest BCUT2D eigenvalue weighted by molar-refractivity contribution is 5.96. The Bertz CT molecular complexity index is 755. The molecule has 2 aromatic carbocycles. The molecule has 1 N–H and O–H groups in total. The van der Waals surface area contributed by atoms with Crippen LogP contribution in [-0.4, -0.2) is 25.2 Å². The quantitative estimate of drug-likeness (QED) is 0.605. The number of anilines is 2. The number of hydrogen-bond donors (Lipinski definition) is 1. The average molecular weight is 341 g/mol. The Hall–Kier alpha value is -2.82. The molecule has 0 saturated carbocycles. The molecule has 0 saturated heterocycles. The fourth-order valence-corrected chi connectivity index (χ4v) is 2.27. The molecule has 132 valence electrons. The van der Waals surface area contributed by atoms with Gasteiger partial charge >= 0.3 is 11.9 Å². The summed E-state index contributed by atoms with van der Waals surface area (Å²) in [5.41, 5.74) is 4.34. The number of esters is 2. The maximum atomic E-state index is 12.3. The second-order valence-corrected chi connectivity index (χ2v) is 5.63. The highest BCUT2D eigenvalue weighted by Crippen LogP contribution is 2.25. The van der Waals surface area contributed by atoms with Crippen molar-refractivity contribution in [2.75, 3.05) is 18.5 Å². The van der Waals surface area contributed by atoms with Crippen LogP contribution in [0.1, 0.15) is 34.8 Å². The lowest BCUT2D eigenvalue weighted by Crippen LogP contribution is -2.14. The number of benzene rings is 2. The van der Waals surface area contributed by atoms with E-state index in [4.69, 9.17) is 9.47 Å². The van der Waals surface area contributed by atoms with E-state index < -0.39 is 5.97 Å². The van der Waals surface area contributed by atoms with Crippen molar-refractivity contribution in [2.45, 2.75) is 27.2 Å². The second kappa shape index (κ2) is 8.87. The zero-order chi connectivity index (χ0) is 18.2. The fraction of sp³-hybridized carbons (Fsp3) is 0.300. The minimum absolute atomic E-state index is 0.0301. The molecule has 5 heteroatoms. The number of hydrogen-bond acceptors (Lipinski definition) is 5. The highest BCUT2D eigenvalue weighted by Gasteiger charge is 2.13. The summed E-state index contributed by atoms with van der Waals surface area (Å²) < 4.78 is 10.1. The van der Waals surface area contributed by atoms with Crippen molar-refractivity contribution in [3.05, 3.63) is 59.2 Å². The van der Waals surface area contributed by atoms with Crippen LogP contribution < -0.4 is 5.32 Å². The van der Waals surface area contributed by atoms with Crippen LogP contribution in [0.25, 0.3) is 0 Å². The minimum Gasteiger partial charge on any atom is -0.462 e. The van der Waals surface area contributed by atoms with E-state index in [2.05, 4.69) is 5.32 Å². The van der Waals surface area contributed by atoms with E-state index in [1.807, 2.05) is 44.2 Å². The van der Waals surface area contributed by atoms with Gasteiger partial charge in [-0.2, -0.15) is 0 Å². The third-order valence-corrected chi connectivity index (χ3v) is 3.89. The van der Waals surface area contributed by atoms with Gasteiger partial charge in [-0.3, -0.25) is 4.79 Å². The largest absolute Gasteiger partial charge is 0.462 e. The van der Waals surface area contributed by atoms with Crippen LogP contribution in [0, 0.1) is 13.8 Å². The third-order valence-electron chi connectivity index (χ3n) is 3.89. The van der Waals surface area contributed by atoms with Gasteiger partial charge in [0.25, 0.3) is 0 Å². The molecule has 0 fully saturated rings. The van der Waals surface area contributed by atoms with Crippen LogP contribution >= 0.6 is 0 Å². The first-order chi connectivity index (χ1) is 12.0. The van der Waals surface area contributed by atoms with E-state index in [1.54, 1.807) is 19.1 Å². The van der Waals surface area contributed by atoms with Crippen molar-refractivity contribution in [3.63, 3.8) is 0 Å². The summed E-state index contributed by atoms with van der Waals surface area (Å²) in [6.45, 7) is 5.87. The number of carbonyl (C=O) groups is 2. The predicted molar refractivity (Wildman–Crippen MR) is 97.2 cm³/mol. The zero-order valence-corrected chi connectivity index (χ0v) is 14.8. The Labute approximate surface area is 148 Å². The van der Waals surface area contributed by atoms with E-state index in [-0.39, 0.29) is 19.2 Å². The first-order valence-electron chi connectivity index (χ1n) is 8.28. The lowest BCUT2D eigenvalue weighted by atomic mass is 10.1. The normalized spacial score (nSPS) is 10.2. The molecular formula is C20H23NO4. The Balaban J connectivity index is 2.06. The molecule has 0 aliphatic rings. The molecule has 0 atom stereocenters. The second-order valence-electron chi connectivity index (χ2n) is 5.63. The molecule has 2 rings (SSSR count).